The van der Waals surface area contributed by atoms with Crippen LogP contribution in [-0.2, 0) is 42.9 Å². The van der Waals surface area contributed by atoms with E-state index in [0.29, 0.717) is 25.7 Å². The molecule has 0 aromatic carbocycles. The molecule has 0 aromatic heterocycles. The molecule has 6 unspecified atom stereocenters. The SMILES string of the molecule is CC/C=C\C/C=C\C/C=C\C/C=C\C/C=C\CCCC(=O)OC1C(OCC(COC(=O)CCCCCCC/C=C\C/C=C\CCCCC)OC(=O)CCCCCCC/C=C\CCCC)OC(C(=O)O)C(O)C1O. The lowest BCUT2D eigenvalue weighted by molar-refractivity contribution is -0.301. The third kappa shape index (κ3) is 38.8. The number of aliphatic carboxylic acids is 1. The number of carbonyl (C=O) groups excluding carboxylic acids is 3. The van der Waals surface area contributed by atoms with Crippen molar-refractivity contribution in [1.29, 1.82) is 0 Å². The number of hydrogen-bond acceptors (Lipinski definition) is 11. The highest BCUT2D eigenvalue weighted by Gasteiger charge is 2.50. The van der Waals surface area contributed by atoms with Crippen LogP contribution < -0.4 is 0 Å². The van der Waals surface area contributed by atoms with Crippen LogP contribution >= 0.6 is 0 Å². The van der Waals surface area contributed by atoms with Gasteiger partial charge in [-0.05, 0) is 109 Å². The van der Waals surface area contributed by atoms with Crippen molar-refractivity contribution in [3.63, 3.8) is 0 Å². The van der Waals surface area contributed by atoms with Gasteiger partial charge in [-0.15, -0.1) is 0 Å². The maximum Gasteiger partial charge on any atom is 0.335 e. The standard InChI is InChI=1S/C61H98O12/c1-4-7-10-13-16-19-22-24-26-27-29-31-34-37-40-43-46-49-55(64)72-59-57(66)56(65)58(60(67)68)73-61(59)70-51-52(71-54(63)48-45-42-39-36-32-21-18-15-12-9-6-3)50-69-53(62)47-44-41-38-35-33-30-28-25-23-20-17-14-11-8-5-2/h7,10,15-20,24-26,28-29,31,37,40,52,56-59,61,65-66H,4-6,8-9,11-14,21-23,27,30,32-36,38-39,41-51H2,1-3H3,(H,67,68)/b10-7-,18-15-,19-16-,20-17-,26-24-,28-25-,31-29-,40-37-. The van der Waals surface area contributed by atoms with Crippen LogP contribution in [0.1, 0.15) is 213 Å². The minimum absolute atomic E-state index is 0.0241. The zero-order valence-electron chi connectivity index (χ0n) is 45.3. The van der Waals surface area contributed by atoms with Gasteiger partial charge >= 0.3 is 23.9 Å². The fraction of sp³-hybridized carbons (Fsp3) is 0.672. The van der Waals surface area contributed by atoms with Crippen LogP contribution in [0.4, 0.5) is 0 Å². The van der Waals surface area contributed by atoms with Gasteiger partial charge in [0.05, 0.1) is 6.61 Å². The lowest BCUT2D eigenvalue weighted by atomic mass is 9.98. The van der Waals surface area contributed by atoms with Crippen molar-refractivity contribution in [2.45, 2.75) is 250 Å². The zero-order chi connectivity index (χ0) is 53.3. The Kier molecular flexibility index (Phi) is 44.4. The fourth-order valence-corrected chi connectivity index (χ4v) is 7.77. The lowest BCUT2D eigenvalue weighted by Gasteiger charge is -2.40. The number of esters is 3. The van der Waals surface area contributed by atoms with E-state index in [9.17, 15) is 34.5 Å². The molecule has 0 amide bonds. The van der Waals surface area contributed by atoms with Gasteiger partial charge in [0.25, 0.3) is 0 Å². The van der Waals surface area contributed by atoms with Gasteiger partial charge in [0.1, 0.15) is 18.8 Å². The van der Waals surface area contributed by atoms with Crippen molar-refractivity contribution in [2.24, 2.45) is 0 Å². The predicted molar refractivity (Wildman–Crippen MR) is 294 cm³/mol. The van der Waals surface area contributed by atoms with Gasteiger partial charge in [0.15, 0.2) is 24.6 Å². The second-order valence-electron chi connectivity index (χ2n) is 18.8. The van der Waals surface area contributed by atoms with E-state index < -0.39 is 67.3 Å². The van der Waals surface area contributed by atoms with E-state index in [1.54, 1.807) is 0 Å². The first-order valence-corrected chi connectivity index (χ1v) is 28.2. The molecule has 414 valence electrons. The summed E-state index contributed by atoms with van der Waals surface area (Å²) in [7, 11) is 0. The summed E-state index contributed by atoms with van der Waals surface area (Å²) in [4.78, 5) is 51.0. The van der Waals surface area contributed by atoms with E-state index in [2.05, 4.69) is 106 Å². The molecule has 1 heterocycles. The molecule has 1 rings (SSSR count). The Morgan fingerprint density at radius 1 is 0.466 bits per heavy atom. The van der Waals surface area contributed by atoms with Gasteiger partial charge in [-0.25, -0.2) is 4.79 Å². The molecule has 0 aliphatic carbocycles. The first-order valence-electron chi connectivity index (χ1n) is 28.2. The third-order valence-corrected chi connectivity index (χ3v) is 12.1. The fourth-order valence-electron chi connectivity index (χ4n) is 7.77. The van der Waals surface area contributed by atoms with E-state index in [4.69, 9.17) is 23.7 Å². The number of unbranched alkanes of at least 4 members (excludes halogenated alkanes) is 16. The van der Waals surface area contributed by atoms with Crippen LogP contribution in [0.5, 0.6) is 0 Å². The van der Waals surface area contributed by atoms with E-state index in [0.717, 1.165) is 116 Å². The van der Waals surface area contributed by atoms with Gasteiger partial charge in [-0.3, -0.25) is 14.4 Å². The number of hydrogen-bond donors (Lipinski definition) is 3. The van der Waals surface area contributed by atoms with Crippen molar-refractivity contribution in [1.82, 2.24) is 0 Å². The van der Waals surface area contributed by atoms with Crippen molar-refractivity contribution < 1.29 is 58.2 Å². The summed E-state index contributed by atoms with van der Waals surface area (Å²) in [6, 6.07) is 0. The average molecular weight is 1020 g/mol. The topological polar surface area (TPSA) is 175 Å². The van der Waals surface area contributed by atoms with E-state index in [1.165, 1.54) is 32.1 Å². The Morgan fingerprint density at radius 3 is 1.41 bits per heavy atom. The molecule has 1 aliphatic rings. The molecule has 0 bridgehead atoms. The maximum absolute atomic E-state index is 13.1. The van der Waals surface area contributed by atoms with Crippen molar-refractivity contribution in [3.8, 4) is 0 Å². The molecule has 12 heteroatoms. The van der Waals surface area contributed by atoms with Gasteiger partial charge < -0.3 is 39.0 Å². The Morgan fingerprint density at radius 2 is 0.890 bits per heavy atom. The molecule has 0 spiro atoms. The summed E-state index contributed by atoms with van der Waals surface area (Å²) < 4.78 is 28.3. The van der Waals surface area contributed by atoms with Crippen molar-refractivity contribution >= 4 is 23.9 Å². The normalized spacial score (nSPS) is 19.1. The molecule has 6 atom stereocenters. The monoisotopic (exact) mass is 1020 g/mol. The minimum Gasteiger partial charge on any atom is -0.479 e. The molecular weight excluding hydrogens is 925 g/mol. The molecule has 12 nitrogen and oxygen atoms in total. The van der Waals surface area contributed by atoms with Gasteiger partial charge in [0, 0.05) is 19.3 Å². The van der Waals surface area contributed by atoms with Gasteiger partial charge in [-0.2, -0.15) is 0 Å². The first kappa shape index (κ1) is 66.7. The number of carboxylic acid groups (broad SMARTS) is 1. The van der Waals surface area contributed by atoms with Crippen LogP contribution in [0.3, 0.4) is 0 Å². The molecule has 0 saturated carbocycles. The molecule has 1 fully saturated rings. The number of aliphatic hydroxyl groups excluding tert-OH is 2. The van der Waals surface area contributed by atoms with Crippen LogP contribution in [-0.4, -0.2) is 89.2 Å². The molecule has 1 saturated heterocycles. The summed E-state index contributed by atoms with van der Waals surface area (Å²) in [6.07, 6.45) is 51.0. The summed E-state index contributed by atoms with van der Waals surface area (Å²) in [5, 5.41) is 31.4. The Hall–Kier alpha value is -4.36. The Balaban J connectivity index is 2.75. The largest absolute Gasteiger partial charge is 0.479 e. The van der Waals surface area contributed by atoms with E-state index >= 15 is 0 Å². The maximum atomic E-state index is 13.1. The summed E-state index contributed by atoms with van der Waals surface area (Å²) in [6.45, 7) is 5.75. The number of aliphatic hydroxyl groups is 2. The predicted octanol–water partition coefficient (Wildman–Crippen LogP) is 14.1. The van der Waals surface area contributed by atoms with Gasteiger partial charge in [0.2, 0.25) is 0 Å². The van der Waals surface area contributed by atoms with E-state index in [1.807, 2.05) is 12.2 Å². The van der Waals surface area contributed by atoms with Crippen LogP contribution in [0.15, 0.2) is 97.2 Å². The van der Waals surface area contributed by atoms with Crippen molar-refractivity contribution in [2.75, 3.05) is 13.2 Å². The Labute approximate surface area is 441 Å². The van der Waals surface area contributed by atoms with Crippen LogP contribution in [0.2, 0.25) is 0 Å². The number of rotatable bonds is 46. The number of carbonyl (C=O) groups is 4. The Bertz CT molecular complexity index is 1640. The molecular formula is C61H98O12. The highest BCUT2D eigenvalue weighted by molar-refractivity contribution is 5.74. The second kappa shape index (κ2) is 48.6. The molecule has 1 aliphatic heterocycles. The molecule has 0 radical (unpaired) electrons. The third-order valence-electron chi connectivity index (χ3n) is 12.1. The lowest BCUT2D eigenvalue weighted by Crippen LogP contribution is -2.61. The second-order valence-corrected chi connectivity index (χ2v) is 18.8. The number of carboxylic acids is 1. The number of allylic oxidation sites excluding steroid dienone is 16. The highest BCUT2D eigenvalue weighted by Crippen LogP contribution is 2.26. The number of ether oxygens (including phenoxy) is 5. The molecule has 3 N–H and O–H groups in total. The van der Waals surface area contributed by atoms with Crippen LogP contribution in [0.25, 0.3) is 0 Å². The minimum atomic E-state index is -1.93. The summed E-state index contributed by atoms with van der Waals surface area (Å²) in [5.41, 5.74) is 0. The summed E-state index contributed by atoms with van der Waals surface area (Å²) >= 11 is 0. The zero-order valence-corrected chi connectivity index (χ0v) is 45.3. The van der Waals surface area contributed by atoms with E-state index in [-0.39, 0.29) is 25.9 Å². The average Bonchev–Trinajstić information content (AvgIpc) is 3.37. The molecule has 73 heavy (non-hydrogen) atoms. The first-order chi connectivity index (χ1) is 35.6. The summed E-state index contributed by atoms with van der Waals surface area (Å²) in [5.74, 6) is -3.24. The quantitative estimate of drug-likeness (QED) is 0.0228. The molecule has 0 aromatic rings. The highest BCUT2D eigenvalue weighted by atomic mass is 16.7. The van der Waals surface area contributed by atoms with Crippen molar-refractivity contribution in [3.05, 3.63) is 97.2 Å². The van der Waals surface area contributed by atoms with Gasteiger partial charge in [-0.1, -0.05) is 182 Å². The van der Waals surface area contributed by atoms with Crippen LogP contribution in [0, 0.1) is 0 Å². The smallest absolute Gasteiger partial charge is 0.335 e.